The van der Waals surface area contributed by atoms with Crippen molar-refractivity contribution in [2.75, 3.05) is 30.6 Å². The topological polar surface area (TPSA) is 41.0 Å². The van der Waals surface area contributed by atoms with E-state index < -0.39 is 0 Å². The number of hydrogen-bond donors (Lipinski definition) is 1. The maximum Gasteiger partial charge on any atom is 0.191 e. The van der Waals surface area contributed by atoms with Gasteiger partial charge < -0.3 is 10.2 Å². The highest BCUT2D eigenvalue weighted by Crippen LogP contribution is 2.22. The Balaban J connectivity index is 3.03. The van der Waals surface area contributed by atoms with E-state index in [0.717, 1.165) is 16.8 Å². The maximum absolute atomic E-state index is 4.54. The number of nitrogens with zero attached hydrogens (tertiary/aromatic N) is 3. The summed E-state index contributed by atoms with van der Waals surface area (Å²) < 4.78 is 0. The van der Waals surface area contributed by atoms with Gasteiger partial charge >= 0.3 is 0 Å². The molecule has 1 unspecified atom stereocenters. The summed E-state index contributed by atoms with van der Waals surface area (Å²) in [7, 11) is 3.96. The standard InChI is InChI=1S/C12H22N4S/c1-8(2)9(3)16(5)11-7-10(13-4)14-12(15-11)17-6/h7-9H,1-6H3,(H,13,14,15). The van der Waals surface area contributed by atoms with Gasteiger partial charge in [-0.15, -0.1) is 0 Å². The molecule has 0 bridgehead atoms. The second kappa shape index (κ2) is 6.10. The van der Waals surface area contributed by atoms with Crippen LogP contribution >= 0.6 is 11.8 Å². The van der Waals surface area contributed by atoms with Gasteiger partial charge in [0.05, 0.1) is 0 Å². The first-order valence-electron chi connectivity index (χ1n) is 5.83. The molecule has 0 aliphatic heterocycles. The Hall–Kier alpha value is -0.970. The van der Waals surface area contributed by atoms with Gasteiger partial charge in [-0.3, -0.25) is 0 Å². The first-order valence-corrected chi connectivity index (χ1v) is 7.05. The van der Waals surface area contributed by atoms with Crippen molar-refractivity contribution >= 4 is 23.4 Å². The molecule has 0 spiro atoms. The molecule has 0 saturated heterocycles. The van der Waals surface area contributed by atoms with E-state index in [1.165, 1.54) is 0 Å². The van der Waals surface area contributed by atoms with Crippen LogP contribution in [0.1, 0.15) is 20.8 Å². The molecule has 0 amide bonds. The first kappa shape index (κ1) is 14.1. The van der Waals surface area contributed by atoms with Crippen molar-refractivity contribution in [3.63, 3.8) is 0 Å². The van der Waals surface area contributed by atoms with Crippen LogP contribution < -0.4 is 10.2 Å². The summed E-state index contributed by atoms with van der Waals surface area (Å²) in [5, 5.41) is 3.87. The highest BCUT2D eigenvalue weighted by molar-refractivity contribution is 7.98. The van der Waals surface area contributed by atoms with E-state index in [1.807, 2.05) is 19.4 Å². The van der Waals surface area contributed by atoms with Gasteiger partial charge in [-0.2, -0.15) is 0 Å². The van der Waals surface area contributed by atoms with Crippen LogP contribution in [0.4, 0.5) is 11.6 Å². The van der Waals surface area contributed by atoms with Gasteiger partial charge in [-0.25, -0.2) is 9.97 Å². The molecule has 1 rings (SSSR count). The summed E-state index contributed by atoms with van der Waals surface area (Å²) in [6, 6.07) is 2.43. The fourth-order valence-electron chi connectivity index (χ4n) is 1.47. The van der Waals surface area contributed by atoms with Gasteiger partial charge in [-0.1, -0.05) is 25.6 Å². The number of nitrogens with one attached hydrogen (secondary N) is 1. The molecule has 0 aromatic carbocycles. The van der Waals surface area contributed by atoms with Gasteiger partial charge in [0, 0.05) is 26.2 Å². The van der Waals surface area contributed by atoms with E-state index in [1.54, 1.807) is 11.8 Å². The lowest BCUT2D eigenvalue weighted by Crippen LogP contribution is -2.33. The van der Waals surface area contributed by atoms with Crippen molar-refractivity contribution in [3.8, 4) is 0 Å². The van der Waals surface area contributed by atoms with Crippen molar-refractivity contribution in [1.29, 1.82) is 0 Å². The lowest BCUT2D eigenvalue weighted by molar-refractivity contribution is 0.501. The molecular weight excluding hydrogens is 232 g/mol. The monoisotopic (exact) mass is 254 g/mol. The number of anilines is 2. The minimum atomic E-state index is 0.448. The maximum atomic E-state index is 4.54. The third-order valence-electron chi connectivity index (χ3n) is 3.07. The van der Waals surface area contributed by atoms with Crippen LogP contribution in [0.25, 0.3) is 0 Å². The normalized spacial score (nSPS) is 12.6. The molecule has 0 radical (unpaired) electrons. The third-order valence-corrected chi connectivity index (χ3v) is 3.62. The second-order valence-electron chi connectivity index (χ2n) is 4.44. The highest BCUT2D eigenvalue weighted by atomic mass is 32.2. The molecule has 5 heteroatoms. The van der Waals surface area contributed by atoms with E-state index in [4.69, 9.17) is 0 Å². The Morgan fingerprint density at radius 1 is 1.29 bits per heavy atom. The fraction of sp³-hybridized carbons (Fsp3) is 0.667. The zero-order valence-corrected chi connectivity index (χ0v) is 12.3. The van der Waals surface area contributed by atoms with Crippen molar-refractivity contribution < 1.29 is 0 Å². The van der Waals surface area contributed by atoms with Crippen LogP contribution in [0.15, 0.2) is 11.2 Å². The van der Waals surface area contributed by atoms with E-state index in [2.05, 4.69) is 48.0 Å². The molecule has 0 aliphatic rings. The van der Waals surface area contributed by atoms with Crippen LogP contribution in [0, 0.1) is 5.92 Å². The molecular formula is C12H22N4S. The lowest BCUT2D eigenvalue weighted by atomic mass is 10.1. The Labute approximate surface area is 108 Å². The second-order valence-corrected chi connectivity index (χ2v) is 5.22. The van der Waals surface area contributed by atoms with Gasteiger partial charge in [0.25, 0.3) is 0 Å². The minimum Gasteiger partial charge on any atom is -0.373 e. The molecule has 17 heavy (non-hydrogen) atoms. The summed E-state index contributed by atoms with van der Waals surface area (Å²) in [6.07, 6.45) is 1.99. The number of hydrogen-bond acceptors (Lipinski definition) is 5. The summed E-state index contributed by atoms with van der Waals surface area (Å²) in [5.74, 6) is 2.42. The fourth-order valence-corrected chi connectivity index (χ4v) is 1.84. The Kier molecular flexibility index (Phi) is 5.05. The predicted molar refractivity (Wildman–Crippen MR) is 76.1 cm³/mol. The molecule has 96 valence electrons. The number of thioether (sulfide) groups is 1. The van der Waals surface area contributed by atoms with E-state index >= 15 is 0 Å². The quantitative estimate of drug-likeness (QED) is 0.646. The lowest BCUT2D eigenvalue weighted by Gasteiger charge is -2.29. The minimum absolute atomic E-state index is 0.448. The molecule has 1 N–H and O–H groups in total. The number of aromatic nitrogens is 2. The van der Waals surface area contributed by atoms with Crippen LogP contribution in [0.2, 0.25) is 0 Å². The SMILES string of the molecule is CNc1cc(N(C)C(C)C(C)C)nc(SC)n1. The van der Waals surface area contributed by atoms with Gasteiger partial charge in [-0.05, 0) is 19.1 Å². The van der Waals surface area contributed by atoms with Crippen molar-refractivity contribution in [2.45, 2.75) is 32.0 Å². The van der Waals surface area contributed by atoms with Crippen LogP contribution in [-0.4, -0.2) is 36.4 Å². The van der Waals surface area contributed by atoms with Gasteiger partial charge in [0.1, 0.15) is 11.6 Å². The van der Waals surface area contributed by atoms with Crippen LogP contribution in [0.3, 0.4) is 0 Å². The van der Waals surface area contributed by atoms with Crippen molar-refractivity contribution in [3.05, 3.63) is 6.07 Å². The van der Waals surface area contributed by atoms with E-state index in [9.17, 15) is 0 Å². The molecule has 0 aliphatic carbocycles. The predicted octanol–water partition coefficient (Wildman–Crippen LogP) is 2.72. The summed E-state index contributed by atoms with van der Waals surface area (Å²) >= 11 is 1.56. The van der Waals surface area contributed by atoms with Crippen LogP contribution in [-0.2, 0) is 0 Å². The summed E-state index contributed by atoms with van der Waals surface area (Å²) in [6.45, 7) is 6.65. The van der Waals surface area contributed by atoms with E-state index in [0.29, 0.717) is 12.0 Å². The smallest absolute Gasteiger partial charge is 0.191 e. The average molecular weight is 254 g/mol. The Bertz CT molecular complexity index is 345. The zero-order valence-electron chi connectivity index (χ0n) is 11.5. The largest absolute Gasteiger partial charge is 0.373 e. The molecule has 1 aromatic heterocycles. The Morgan fingerprint density at radius 2 is 1.94 bits per heavy atom. The molecule has 4 nitrogen and oxygen atoms in total. The average Bonchev–Trinajstić information content (AvgIpc) is 2.35. The van der Waals surface area contributed by atoms with E-state index in [-0.39, 0.29) is 0 Å². The molecule has 1 atom stereocenters. The highest BCUT2D eigenvalue weighted by Gasteiger charge is 2.16. The number of rotatable bonds is 5. The summed E-state index contributed by atoms with van der Waals surface area (Å²) in [4.78, 5) is 11.1. The summed E-state index contributed by atoms with van der Waals surface area (Å²) in [5.41, 5.74) is 0. The molecule has 0 saturated carbocycles. The first-order chi connectivity index (χ1) is 7.99. The Morgan fingerprint density at radius 3 is 2.41 bits per heavy atom. The molecule has 1 heterocycles. The van der Waals surface area contributed by atoms with Crippen molar-refractivity contribution in [1.82, 2.24) is 9.97 Å². The van der Waals surface area contributed by atoms with Crippen LogP contribution in [0.5, 0.6) is 0 Å². The third kappa shape index (κ3) is 3.49. The van der Waals surface area contributed by atoms with Gasteiger partial charge in [0.2, 0.25) is 0 Å². The van der Waals surface area contributed by atoms with Crippen molar-refractivity contribution in [2.24, 2.45) is 5.92 Å². The molecule has 0 fully saturated rings. The zero-order chi connectivity index (χ0) is 13.0. The molecule has 1 aromatic rings. The van der Waals surface area contributed by atoms with Gasteiger partial charge in [0.15, 0.2) is 5.16 Å².